The van der Waals surface area contributed by atoms with Gasteiger partial charge in [-0.3, -0.25) is 9.00 Å². The Bertz CT molecular complexity index is 1130. The van der Waals surface area contributed by atoms with Gasteiger partial charge in [-0.2, -0.15) is 13.2 Å². The Balaban J connectivity index is 2.38. The van der Waals surface area contributed by atoms with E-state index in [0.29, 0.717) is 6.07 Å². The van der Waals surface area contributed by atoms with Crippen LogP contribution >= 0.6 is 11.6 Å². The lowest BCUT2D eigenvalue weighted by atomic mass is 10.1. The average Bonchev–Trinajstić information content (AvgIpc) is 2.61. The maximum Gasteiger partial charge on any atom is 0.426 e. The molecule has 0 saturated heterocycles. The summed E-state index contributed by atoms with van der Waals surface area (Å²) in [5, 5.41) is 10.7. The number of hydrogen-bond donors (Lipinski definition) is 2. The van der Waals surface area contributed by atoms with Gasteiger partial charge >= 0.3 is 6.18 Å². The number of aliphatic hydroxyl groups is 1. The average molecular weight is 488 g/mol. The molecular formula is C17H14ClF4NO5S2. The van der Waals surface area contributed by atoms with E-state index in [1.807, 2.05) is 0 Å². The van der Waals surface area contributed by atoms with Gasteiger partial charge in [-0.25, -0.2) is 12.8 Å². The van der Waals surface area contributed by atoms with Crippen LogP contribution < -0.4 is 5.32 Å². The van der Waals surface area contributed by atoms with Crippen molar-refractivity contribution >= 4 is 43.8 Å². The molecule has 30 heavy (non-hydrogen) atoms. The Hall–Kier alpha value is -2.02. The maximum absolute atomic E-state index is 14.0. The molecule has 0 bridgehead atoms. The largest absolute Gasteiger partial charge is 0.426 e. The molecule has 2 N–H and O–H groups in total. The number of benzene rings is 2. The topological polar surface area (TPSA) is 101 Å². The van der Waals surface area contributed by atoms with Gasteiger partial charge in [0.25, 0.3) is 5.91 Å². The van der Waals surface area contributed by atoms with Crippen molar-refractivity contribution in [3.8, 4) is 0 Å². The molecule has 0 aromatic heterocycles. The van der Waals surface area contributed by atoms with Gasteiger partial charge in [-0.1, -0.05) is 11.6 Å². The first-order chi connectivity index (χ1) is 13.6. The molecule has 0 aliphatic rings. The van der Waals surface area contributed by atoms with E-state index in [-0.39, 0.29) is 17.5 Å². The van der Waals surface area contributed by atoms with Gasteiger partial charge in [0.1, 0.15) is 5.82 Å². The van der Waals surface area contributed by atoms with Crippen LogP contribution in [-0.4, -0.2) is 41.7 Å². The van der Waals surface area contributed by atoms with Crippen molar-refractivity contribution in [1.29, 1.82) is 0 Å². The van der Waals surface area contributed by atoms with Gasteiger partial charge < -0.3 is 10.4 Å². The normalized spacial score (nSPS) is 15.3. The van der Waals surface area contributed by atoms with Crippen molar-refractivity contribution in [3.63, 3.8) is 0 Å². The van der Waals surface area contributed by atoms with Crippen molar-refractivity contribution in [2.75, 3.05) is 11.6 Å². The van der Waals surface area contributed by atoms with Gasteiger partial charge in [-0.05, 0) is 43.3 Å². The molecule has 0 aliphatic carbocycles. The molecule has 2 rings (SSSR count). The van der Waals surface area contributed by atoms with Crippen molar-refractivity contribution in [2.45, 2.75) is 33.4 Å². The number of rotatable bonds is 5. The van der Waals surface area contributed by atoms with Gasteiger partial charge in [-0.15, -0.1) is 0 Å². The first-order valence-corrected chi connectivity index (χ1v) is 11.3. The molecule has 0 fully saturated rings. The van der Waals surface area contributed by atoms with E-state index in [1.54, 1.807) is 5.32 Å². The number of anilines is 1. The second-order valence-corrected chi connectivity index (χ2v) is 9.92. The smallest absolute Gasteiger partial charge is 0.373 e. The molecule has 0 heterocycles. The van der Waals surface area contributed by atoms with Crippen LogP contribution in [0.25, 0.3) is 0 Å². The highest BCUT2D eigenvalue weighted by Gasteiger charge is 2.55. The monoisotopic (exact) mass is 487 g/mol. The summed E-state index contributed by atoms with van der Waals surface area (Å²) in [6, 6.07) is 5.47. The Morgan fingerprint density at radius 2 is 1.67 bits per heavy atom. The van der Waals surface area contributed by atoms with Crippen LogP contribution in [0, 0.1) is 5.82 Å². The third-order valence-corrected chi connectivity index (χ3v) is 7.03. The number of alkyl halides is 3. The number of nitrogens with one attached hydrogen (secondary N) is 1. The summed E-state index contributed by atoms with van der Waals surface area (Å²) in [6.07, 6.45) is -4.04. The number of amides is 1. The minimum absolute atomic E-state index is 0.193. The molecule has 1 amide bonds. The van der Waals surface area contributed by atoms with E-state index in [2.05, 4.69) is 0 Å². The van der Waals surface area contributed by atoms with Crippen LogP contribution in [0.2, 0.25) is 5.02 Å². The van der Waals surface area contributed by atoms with Crippen LogP contribution in [0.1, 0.15) is 6.92 Å². The number of carbonyl (C=O) groups excluding carboxylic acids is 1. The molecule has 164 valence electrons. The summed E-state index contributed by atoms with van der Waals surface area (Å²) in [5.41, 5.74) is -4.09. The maximum atomic E-state index is 14.0. The Kier molecular flexibility index (Phi) is 6.67. The molecule has 0 aliphatic heterocycles. The zero-order valence-electron chi connectivity index (χ0n) is 15.3. The Labute approximate surface area is 176 Å². The Morgan fingerprint density at radius 3 is 2.13 bits per heavy atom. The minimum Gasteiger partial charge on any atom is -0.373 e. The van der Waals surface area contributed by atoms with Gasteiger partial charge in [0, 0.05) is 6.26 Å². The summed E-state index contributed by atoms with van der Waals surface area (Å²) >= 11 is 5.87. The van der Waals surface area contributed by atoms with Crippen LogP contribution in [0.15, 0.2) is 51.1 Å². The second kappa shape index (κ2) is 8.25. The van der Waals surface area contributed by atoms with E-state index >= 15 is 0 Å². The highest BCUT2D eigenvalue weighted by atomic mass is 35.5. The van der Waals surface area contributed by atoms with E-state index < -0.39 is 59.0 Å². The quantitative estimate of drug-likeness (QED) is 0.630. The third-order valence-electron chi connectivity index (χ3n) is 4.02. The third kappa shape index (κ3) is 4.66. The van der Waals surface area contributed by atoms with Crippen LogP contribution in [0.5, 0.6) is 0 Å². The van der Waals surface area contributed by atoms with E-state index in [4.69, 9.17) is 11.6 Å². The van der Waals surface area contributed by atoms with Crippen LogP contribution in [0.3, 0.4) is 0 Å². The fourth-order valence-corrected chi connectivity index (χ4v) is 4.34. The molecule has 13 heteroatoms. The van der Waals surface area contributed by atoms with Gasteiger partial charge in [0.2, 0.25) is 15.4 Å². The number of halogens is 5. The van der Waals surface area contributed by atoms with Crippen molar-refractivity contribution in [3.05, 3.63) is 47.2 Å². The summed E-state index contributed by atoms with van der Waals surface area (Å²) in [4.78, 5) is 10.6. The standard InChI is InChI=1S/C17H14ClF4NO5S2/c1-16(25,17(20,21)22)15(24)23-13-5-3-9(7-11(13)18)30(27,28)10-4-6-14(29(2)26)12(19)8-10/h3-8,25H,1-2H3,(H,23,24)/t16-,29?/m1/s1. The lowest BCUT2D eigenvalue weighted by molar-refractivity contribution is -0.242. The summed E-state index contributed by atoms with van der Waals surface area (Å²) < 4.78 is 88.9. The predicted molar refractivity (Wildman–Crippen MR) is 101 cm³/mol. The molecule has 2 atom stereocenters. The molecule has 0 saturated carbocycles. The number of carbonyl (C=O) groups is 1. The van der Waals surface area contributed by atoms with Gasteiger partial charge in [0.05, 0.1) is 36.2 Å². The van der Waals surface area contributed by atoms with E-state index in [1.165, 1.54) is 6.26 Å². The lowest BCUT2D eigenvalue weighted by Gasteiger charge is -2.25. The Morgan fingerprint density at radius 1 is 1.13 bits per heavy atom. The second-order valence-electron chi connectivity index (χ2n) is 6.22. The molecule has 0 radical (unpaired) electrons. The molecule has 2 aromatic rings. The highest BCUT2D eigenvalue weighted by molar-refractivity contribution is 7.91. The zero-order chi connectivity index (χ0) is 23.1. The molecule has 6 nitrogen and oxygen atoms in total. The van der Waals surface area contributed by atoms with Crippen molar-refractivity contribution in [1.82, 2.24) is 0 Å². The van der Waals surface area contributed by atoms with Crippen LogP contribution in [-0.2, 0) is 25.4 Å². The SMILES string of the molecule is CS(=O)c1ccc(S(=O)(=O)c2ccc(NC(=O)[C@@](C)(O)C(F)(F)F)c(Cl)c2)cc1F. The van der Waals surface area contributed by atoms with Crippen LogP contribution in [0.4, 0.5) is 23.2 Å². The summed E-state index contributed by atoms with van der Waals surface area (Å²) in [5.74, 6) is -2.82. The molecule has 0 spiro atoms. The van der Waals surface area contributed by atoms with Gasteiger partial charge in [0.15, 0.2) is 0 Å². The van der Waals surface area contributed by atoms with E-state index in [0.717, 1.165) is 30.3 Å². The molecule has 1 unspecified atom stereocenters. The zero-order valence-corrected chi connectivity index (χ0v) is 17.6. The lowest BCUT2D eigenvalue weighted by Crippen LogP contribution is -2.52. The fourth-order valence-electron chi connectivity index (χ4n) is 2.16. The predicted octanol–water partition coefficient (Wildman–Crippen LogP) is 3.30. The summed E-state index contributed by atoms with van der Waals surface area (Å²) in [7, 11) is -5.97. The fraction of sp³-hybridized carbons (Fsp3) is 0.235. The van der Waals surface area contributed by atoms with Crippen molar-refractivity contribution < 1.29 is 40.1 Å². The number of sulfone groups is 1. The minimum atomic E-state index is -5.26. The first kappa shape index (κ1) is 24.3. The molecule has 2 aromatic carbocycles. The first-order valence-electron chi connectivity index (χ1n) is 7.87. The van der Waals surface area contributed by atoms with E-state index in [9.17, 15) is 40.1 Å². The van der Waals surface area contributed by atoms with Crippen molar-refractivity contribution in [2.24, 2.45) is 0 Å². The molecular weight excluding hydrogens is 474 g/mol. The summed E-state index contributed by atoms with van der Waals surface area (Å²) in [6.45, 7) is 0.247. The highest BCUT2D eigenvalue weighted by Crippen LogP contribution is 2.33. The number of hydrogen-bond acceptors (Lipinski definition) is 5.